The first-order chi connectivity index (χ1) is 8.24. The van der Waals surface area contributed by atoms with E-state index in [9.17, 15) is 15.0 Å². The monoisotopic (exact) mass is 242 g/mol. The Kier molecular flexibility index (Phi) is 7.45. The summed E-state index contributed by atoms with van der Waals surface area (Å²) in [6.45, 7) is 0.0371. The summed E-state index contributed by atoms with van der Waals surface area (Å²) in [5, 5.41) is 19.2. The summed E-state index contributed by atoms with van der Waals surface area (Å²) in [5.41, 5.74) is 0. The molecule has 100 valence electrons. The van der Waals surface area contributed by atoms with Crippen LogP contribution in [0.3, 0.4) is 0 Å². The predicted molar refractivity (Wildman–Crippen MR) is 67.8 cm³/mol. The van der Waals surface area contributed by atoms with Crippen LogP contribution >= 0.6 is 0 Å². The molecule has 0 spiro atoms. The average molecular weight is 242 g/mol. The van der Waals surface area contributed by atoms with Crippen molar-refractivity contribution in [3.8, 4) is 0 Å². The summed E-state index contributed by atoms with van der Waals surface area (Å²) in [6.07, 6.45) is 8.85. The lowest BCUT2D eigenvalue weighted by molar-refractivity contribution is -0.120. The molecule has 2 N–H and O–H groups in total. The molecule has 0 aromatic carbocycles. The van der Waals surface area contributed by atoms with Crippen LogP contribution in [0.25, 0.3) is 0 Å². The summed E-state index contributed by atoms with van der Waals surface area (Å²) in [5.74, 6) is 0.225. The smallest absolute Gasteiger partial charge is 0.133 e. The number of carbonyl (C=O) groups is 1. The lowest BCUT2D eigenvalue weighted by atomic mass is 9.92. The molecule has 1 aliphatic carbocycles. The van der Waals surface area contributed by atoms with Gasteiger partial charge in [-0.2, -0.15) is 0 Å². The second-order valence-electron chi connectivity index (χ2n) is 5.25. The Balaban J connectivity index is 2.43. The maximum absolute atomic E-state index is 11.6. The van der Waals surface area contributed by atoms with E-state index in [0.717, 1.165) is 25.7 Å². The first kappa shape index (κ1) is 14.7. The van der Waals surface area contributed by atoms with Crippen molar-refractivity contribution in [2.24, 2.45) is 5.92 Å². The van der Waals surface area contributed by atoms with Gasteiger partial charge in [-0.1, -0.05) is 32.1 Å². The second-order valence-corrected chi connectivity index (χ2v) is 5.25. The highest BCUT2D eigenvalue weighted by molar-refractivity contribution is 5.78. The van der Waals surface area contributed by atoms with E-state index in [1.807, 2.05) is 0 Å². The van der Waals surface area contributed by atoms with Gasteiger partial charge in [0.05, 0.1) is 6.10 Å². The van der Waals surface area contributed by atoms with Gasteiger partial charge in [-0.25, -0.2) is 0 Å². The quantitative estimate of drug-likeness (QED) is 0.742. The fraction of sp³-hybridized carbons (Fsp3) is 0.929. The SMILES string of the molecule is O=C1CCCCCCCC[C@H](CO)[C@@H](O)CC1. The van der Waals surface area contributed by atoms with Gasteiger partial charge in [0.25, 0.3) is 0 Å². The lowest BCUT2D eigenvalue weighted by Crippen LogP contribution is -2.24. The van der Waals surface area contributed by atoms with Crippen LogP contribution in [-0.2, 0) is 4.79 Å². The summed E-state index contributed by atoms with van der Waals surface area (Å²) >= 11 is 0. The van der Waals surface area contributed by atoms with Crippen LogP contribution in [0.2, 0.25) is 0 Å². The zero-order valence-corrected chi connectivity index (χ0v) is 10.7. The topological polar surface area (TPSA) is 57.5 Å². The van der Waals surface area contributed by atoms with E-state index in [1.54, 1.807) is 0 Å². The van der Waals surface area contributed by atoms with Gasteiger partial charge in [-0.15, -0.1) is 0 Å². The molecule has 0 aliphatic heterocycles. The van der Waals surface area contributed by atoms with E-state index in [2.05, 4.69) is 0 Å². The zero-order valence-electron chi connectivity index (χ0n) is 10.7. The van der Waals surface area contributed by atoms with Gasteiger partial charge in [-0.05, 0) is 19.3 Å². The third-order valence-electron chi connectivity index (χ3n) is 3.78. The number of carbonyl (C=O) groups excluding carboxylic acids is 1. The Morgan fingerprint density at radius 3 is 2.29 bits per heavy atom. The number of hydrogen-bond donors (Lipinski definition) is 2. The van der Waals surface area contributed by atoms with Crippen molar-refractivity contribution >= 4 is 5.78 Å². The third-order valence-corrected chi connectivity index (χ3v) is 3.78. The van der Waals surface area contributed by atoms with Crippen LogP contribution < -0.4 is 0 Å². The molecule has 0 heterocycles. The van der Waals surface area contributed by atoms with Gasteiger partial charge in [0.15, 0.2) is 0 Å². The molecule has 1 fully saturated rings. The van der Waals surface area contributed by atoms with Crippen molar-refractivity contribution in [3.63, 3.8) is 0 Å². The van der Waals surface area contributed by atoms with Crippen molar-refractivity contribution in [1.29, 1.82) is 0 Å². The molecule has 0 aromatic rings. The van der Waals surface area contributed by atoms with Crippen molar-refractivity contribution in [3.05, 3.63) is 0 Å². The van der Waals surface area contributed by atoms with Crippen molar-refractivity contribution < 1.29 is 15.0 Å². The standard InChI is InChI=1S/C14H26O3/c15-11-12-7-5-3-1-2-4-6-8-13(16)9-10-14(12)17/h12,14-15,17H,1-11H2/t12-,14+/m1/s1. The molecule has 3 nitrogen and oxygen atoms in total. The highest BCUT2D eigenvalue weighted by Gasteiger charge is 2.19. The molecular formula is C14H26O3. The van der Waals surface area contributed by atoms with Gasteiger partial charge in [0.1, 0.15) is 5.78 Å². The Morgan fingerprint density at radius 1 is 0.941 bits per heavy atom. The minimum atomic E-state index is -0.510. The number of aliphatic hydroxyl groups is 2. The molecule has 2 atom stereocenters. The Bertz CT molecular complexity index is 216. The van der Waals surface area contributed by atoms with Gasteiger partial charge in [0.2, 0.25) is 0 Å². The molecular weight excluding hydrogens is 216 g/mol. The van der Waals surface area contributed by atoms with Crippen LogP contribution in [0, 0.1) is 5.92 Å². The molecule has 3 heteroatoms. The number of rotatable bonds is 1. The van der Waals surface area contributed by atoms with Crippen LogP contribution in [0.1, 0.15) is 64.2 Å². The maximum atomic E-state index is 11.6. The molecule has 0 aromatic heterocycles. The predicted octanol–water partition coefficient (Wildman–Crippen LogP) is 2.44. The summed E-state index contributed by atoms with van der Waals surface area (Å²) < 4.78 is 0. The van der Waals surface area contributed by atoms with E-state index >= 15 is 0 Å². The molecule has 0 bridgehead atoms. The van der Waals surface area contributed by atoms with Crippen molar-refractivity contribution in [2.45, 2.75) is 70.3 Å². The molecule has 17 heavy (non-hydrogen) atoms. The Morgan fingerprint density at radius 2 is 1.59 bits per heavy atom. The lowest BCUT2D eigenvalue weighted by Gasteiger charge is -2.20. The minimum Gasteiger partial charge on any atom is -0.396 e. The van der Waals surface area contributed by atoms with E-state index in [4.69, 9.17) is 0 Å². The number of aliphatic hydroxyl groups excluding tert-OH is 2. The highest BCUT2D eigenvalue weighted by atomic mass is 16.3. The number of ketones is 1. The summed E-state index contributed by atoms with van der Waals surface area (Å²) in [4.78, 5) is 11.6. The van der Waals surface area contributed by atoms with E-state index in [-0.39, 0.29) is 18.3 Å². The van der Waals surface area contributed by atoms with E-state index < -0.39 is 6.10 Å². The summed E-state index contributed by atoms with van der Waals surface area (Å²) in [6, 6.07) is 0. The second kappa shape index (κ2) is 8.65. The number of hydrogen-bond acceptors (Lipinski definition) is 3. The van der Waals surface area contributed by atoms with Crippen LogP contribution in [0.4, 0.5) is 0 Å². The molecule has 0 radical (unpaired) electrons. The fourth-order valence-electron chi connectivity index (χ4n) is 2.51. The average Bonchev–Trinajstić information content (AvgIpc) is 2.34. The van der Waals surface area contributed by atoms with Crippen molar-refractivity contribution in [1.82, 2.24) is 0 Å². The zero-order chi connectivity index (χ0) is 12.5. The minimum absolute atomic E-state index is 0.0371. The molecule has 1 aliphatic rings. The largest absolute Gasteiger partial charge is 0.396 e. The van der Waals surface area contributed by atoms with E-state index in [1.165, 1.54) is 19.3 Å². The maximum Gasteiger partial charge on any atom is 0.133 e. The van der Waals surface area contributed by atoms with Crippen LogP contribution in [-0.4, -0.2) is 28.7 Å². The first-order valence-electron chi connectivity index (χ1n) is 7.04. The van der Waals surface area contributed by atoms with Gasteiger partial charge in [0, 0.05) is 25.4 Å². The molecule has 0 saturated heterocycles. The molecule has 0 amide bonds. The molecule has 1 rings (SSSR count). The van der Waals surface area contributed by atoms with Gasteiger partial charge >= 0.3 is 0 Å². The van der Waals surface area contributed by atoms with Gasteiger partial charge < -0.3 is 10.2 Å². The first-order valence-corrected chi connectivity index (χ1v) is 7.04. The van der Waals surface area contributed by atoms with Crippen LogP contribution in [0.5, 0.6) is 0 Å². The number of Topliss-reactive ketones (excluding diaryl/α,β-unsaturated/α-hetero) is 1. The van der Waals surface area contributed by atoms with Crippen molar-refractivity contribution in [2.75, 3.05) is 6.61 Å². The van der Waals surface area contributed by atoms with Gasteiger partial charge in [-0.3, -0.25) is 4.79 Å². The molecule has 0 unspecified atom stereocenters. The summed E-state index contributed by atoms with van der Waals surface area (Å²) in [7, 11) is 0. The molecule has 1 saturated carbocycles. The third kappa shape index (κ3) is 6.18. The van der Waals surface area contributed by atoms with Crippen LogP contribution in [0.15, 0.2) is 0 Å². The Hall–Kier alpha value is -0.410. The normalized spacial score (nSPS) is 30.1. The fourth-order valence-corrected chi connectivity index (χ4v) is 2.51. The Labute approximate surface area is 104 Å². The van der Waals surface area contributed by atoms with E-state index in [0.29, 0.717) is 19.3 Å². The highest BCUT2D eigenvalue weighted by Crippen LogP contribution is 2.20.